The molecule has 2 aromatic carbocycles. The third kappa shape index (κ3) is 5.39. The minimum Gasteiger partial charge on any atom is -0.325 e. The molecule has 0 unspecified atom stereocenters. The van der Waals surface area contributed by atoms with Crippen molar-refractivity contribution >= 4 is 17.3 Å². The molecule has 31 heavy (non-hydrogen) atoms. The number of carbonyl (C=O) groups is 1. The summed E-state index contributed by atoms with van der Waals surface area (Å²) in [5.41, 5.74) is 2.39. The molecule has 1 heterocycles. The van der Waals surface area contributed by atoms with E-state index in [0.29, 0.717) is 12.1 Å². The first-order chi connectivity index (χ1) is 14.9. The zero-order valence-electron chi connectivity index (χ0n) is 16.7. The van der Waals surface area contributed by atoms with Crippen LogP contribution < -0.4 is 10.9 Å². The quantitative estimate of drug-likeness (QED) is 0.463. The Bertz CT molecular complexity index is 1230. The van der Waals surface area contributed by atoms with Crippen molar-refractivity contribution in [1.29, 1.82) is 5.26 Å². The van der Waals surface area contributed by atoms with E-state index in [1.54, 1.807) is 6.07 Å². The minimum absolute atomic E-state index is 0.00577. The fourth-order valence-electron chi connectivity index (χ4n) is 2.94. The van der Waals surface area contributed by atoms with E-state index >= 15 is 0 Å². The zero-order valence-corrected chi connectivity index (χ0v) is 16.7. The molecule has 0 radical (unpaired) electrons. The van der Waals surface area contributed by atoms with Crippen molar-refractivity contribution in [1.82, 2.24) is 9.78 Å². The summed E-state index contributed by atoms with van der Waals surface area (Å²) in [6.07, 6.45) is 0.440. The maximum atomic E-state index is 12.2. The molecule has 1 amide bonds. The number of hydrogen-bond acceptors (Lipinski definition) is 6. The topological polar surface area (TPSA) is 131 Å². The molecule has 0 aliphatic rings. The number of nitro groups is 1. The average Bonchev–Trinajstić information content (AvgIpc) is 2.75. The monoisotopic (exact) mass is 417 g/mol. The number of carbonyl (C=O) groups excluding carboxylic acids is 1. The molecule has 0 aliphatic carbocycles. The van der Waals surface area contributed by atoms with Gasteiger partial charge in [-0.15, -0.1) is 0 Å². The summed E-state index contributed by atoms with van der Waals surface area (Å²) in [5, 5.41) is 26.9. The van der Waals surface area contributed by atoms with Crippen LogP contribution in [0, 0.1) is 28.4 Å². The lowest BCUT2D eigenvalue weighted by molar-refractivity contribution is -0.384. The molecule has 0 bridgehead atoms. The standard InChI is InChI=1S/C22H19N5O4/c1-15-4-6-16(7-5-15)20-10-11-22(29)26(25-20)12-2-3-21(28)24-19-9-8-18(27(30)31)13-17(19)14-23/h4-11,13H,2-3,12H2,1H3,(H,24,28). The van der Waals surface area contributed by atoms with Gasteiger partial charge < -0.3 is 5.32 Å². The fraction of sp³-hybridized carbons (Fsp3) is 0.182. The number of nitrogens with one attached hydrogen (secondary N) is 1. The van der Waals surface area contributed by atoms with E-state index in [-0.39, 0.29) is 41.4 Å². The molecule has 0 fully saturated rings. The summed E-state index contributed by atoms with van der Waals surface area (Å²) in [6, 6.07) is 16.4. The molecule has 0 saturated carbocycles. The summed E-state index contributed by atoms with van der Waals surface area (Å²) in [7, 11) is 0. The van der Waals surface area contributed by atoms with Gasteiger partial charge in [0.2, 0.25) is 5.91 Å². The second-order valence-corrected chi connectivity index (χ2v) is 6.90. The largest absolute Gasteiger partial charge is 0.325 e. The first-order valence-corrected chi connectivity index (χ1v) is 9.51. The maximum absolute atomic E-state index is 12.2. The number of hydrogen-bond donors (Lipinski definition) is 1. The Morgan fingerprint density at radius 2 is 1.94 bits per heavy atom. The molecular formula is C22H19N5O4. The van der Waals surface area contributed by atoms with E-state index in [1.807, 2.05) is 37.3 Å². The SMILES string of the molecule is Cc1ccc(-c2ccc(=O)n(CCCC(=O)Nc3ccc([N+](=O)[O-])cc3C#N)n2)cc1. The summed E-state index contributed by atoms with van der Waals surface area (Å²) < 4.78 is 1.31. The van der Waals surface area contributed by atoms with E-state index in [4.69, 9.17) is 5.26 Å². The van der Waals surface area contributed by atoms with Crippen LogP contribution in [0.3, 0.4) is 0 Å². The van der Waals surface area contributed by atoms with Crippen LogP contribution in [0.1, 0.15) is 24.0 Å². The summed E-state index contributed by atoms with van der Waals surface area (Å²) in [6.45, 7) is 2.23. The predicted octanol–water partition coefficient (Wildman–Crippen LogP) is 3.42. The molecule has 9 nitrogen and oxygen atoms in total. The first kappa shape index (κ1) is 21.4. The van der Waals surface area contributed by atoms with Crippen LogP contribution in [0.25, 0.3) is 11.3 Å². The Morgan fingerprint density at radius 3 is 2.61 bits per heavy atom. The number of nitro benzene ring substituents is 1. The van der Waals surface area contributed by atoms with Crippen molar-refractivity contribution in [3.8, 4) is 17.3 Å². The number of nitriles is 1. The average molecular weight is 417 g/mol. The van der Waals surface area contributed by atoms with E-state index in [9.17, 15) is 19.7 Å². The minimum atomic E-state index is -0.609. The van der Waals surface area contributed by atoms with Gasteiger partial charge in [-0.2, -0.15) is 10.4 Å². The number of anilines is 1. The third-order valence-electron chi connectivity index (χ3n) is 4.60. The first-order valence-electron chi connectivity index (χ1n) is 9.51. The Hall–Kier alpha value is -4.32. The Balaban J connectivity index is 1.63. The highest BCUT2D eigenvalue weighted by Crippen LogP contribution is 2.21. The second kappa shape index (κ2) is 9.45. The number of aromatic nitrogens is 2. The highest BCUT2D eigenvalue weighted by atomic mass is 16.6. The van der Waals surface area contributed by atoms with Crippen LogP contribution in [0.2, 0.25) is 0 Å². The van der Waals surface area contributed by atoms with Gasteiger partial charge in [-0.05, 0) is 25.5 Å². The number of nitrogens with zero attached hydrogens (tertiary/aromatic N) is 4. The molecule has 3 aromatic rings. The molecule has 0 aliphatic heterocycles. The van der Waals surface area contributed by atoms with Gasteiger partial charge in [0, 0.05) is 36.7 Å². The summed E-state index contributed by atoms with van der Waals surface area (Å²) in [4.78, 5) is 34.5. The van der Waals surface area contributed by atoms with E-state index < -0.39 is 4.92 Å². The van der Waals surface area contributed by atoms with Crippen LogP contribution in [0.15, 0.2) is 59.4 Å². The molecule has 0 spiro atoms. The molecule has 1 N–H and O–H groups in total. The van der Waals surface area contributed by atoms with Crippen molar-refractivity contribution in [2.75, 3.05) is 5.32 Å². The summed E-state index contributed by atoms with van der Waals surface area (Å²) >= 11 is 0. The number of non-ortho nitro benzene ring substituents is 1. The fourth-order valence-corrected chi connectivity index (χ4v) is 2.94. The lowest BCUT2D eigenvalue weighted by atomic mass is 10.1. The number of amides is 1. The van der Waals surface area contributed by atoms with Crippen molar-refractivity contribution in [2.24, 2.45) is 0 Å². The predicted molar refractivity (Wildman–Crippen MR) is 114 cm³/mol. The number of benzene rings is 2. The maximum Gasteiger partial charge on any atom is 0.270 e. The molecule has 0 saturated heterocycles. The Morgan fingerprint density at radius 1 is 1.19 bits per heavy atom. The van der Waals surface area contributed by atoms with Crippen molar-refractivity contribution < 1.29 is 9.72 Å². The molecule has 156 valence electrons. The van der Waals surface area contributed by atoms with Crippen LogP contribution >= 0.6 is 0 Å². The Kier molecular flexibility index (Phi) is 6.52. The van der Waals surface area contributed by atoms with Crippen LogP contribution in [-0.2, 0) is 11.3 Å². The van der Waals surface area contributed by atoms with E-state index in [0.717, 1.165) is 17.2 Å². The zero-order chi connectivity index (χ0) is 22.4. The van der Waals surface area contributed by atoms with Crippen LogP contribution in [-0.4, -0.2) is 20.6 Å². The van der Waals surface area contributed by atoms with E-state index in [2.05, 4.69) is 10.4 Å². The van der Waals surface area contributed by atoms with E-state index in [1.165, 1.54) is 22.9 Å². The molecule has 9 heteroatoms. The number of rotatable bonds is 7. The van der Waals surface area contributed by atoms with Gasteiger partial charge in [0.25, 0.3) is 11.2 Å². The molecule has 0 atom stereocenters. The molecule has 3 rings (SSSR count). The lowest BCUT2D eigenvalue weighted by Crippen LogP contribution is -2.23. The molecular weight excluding hydrogens is 398 g/mol. The summed E-state index contributed by atoms with van der Waals surface area (Å²) in [5.74, 6) is -0.368. The lowest BCUT2D eigenvalue weighted by Gasteiger charge is -2.09. The van der Waals surface area contributed by atoms with Crippen molar-refractivity contribution in [3.63, 3.8) is 0 Å². The van der Waals surface area contributed by atoms with Crippen LogP contribution in [0.4, 0.5) is 11.4 Å². The van der Waals surface area contributed by atoms with Crippen molar-refractivity contribution in [3.05, 3.63) is 86.2 Å². The highest BCUT2D eigenvalue weighted by Gasteiger charge is 2.13. The van der Waals surface area contributed by atoms with Gasteiger partial charge in [0.05, 0.1) is 21.9 Å². The smallest absolute Gasteiger partial charge is 0.270 e. The van der Waals surface area contributed by atoms with Gasteiger partial charge >= 0.3 is 0 Å². The van der Waals surface area contributed by atoms with Gasteiger partial charge in [-0.3, -0.25) is 19.7 Å². The van der Waals surface area contributed by atoms with Gasteiger partial charge in [0.1, 0.15) is 6.07 Å². The van der Waals surface area contributed by atoms with Crippen molar-refractivity contribution in [2.45, 2.75) is 26.3 Å². The normalized spacial score (nSPS) is 10.3. The molecule has 1 aromatic heterocycles. The van der Waals surface area contributed by atoms with Gasteiger partial charge in [-0.25, -0.2) is 4.68 Å². The second-order valence-electron chi connectivity index (χ2n) is 6.90. The van der Waals surface area contributed by atoms with Gasteiger partial charge in [-0.1, -0.05) is 29.8 Å². The number of aryl methyl sites for hydroxylation is 2. The van der Waals surface area contributed by atoms with Crippen LogP contribution in [0.5, 0.6) is 0 Å². The Labute approximate surface area is 177 Å². The van der Waals surface area contributed by atoms with Gasteiger partial charge in [0.15, 0.2) is 0 Å². The highest BCUT2D eigenvalue weighted by molar-refractivity contribution is 5.92. The third-order valence-corrected chi connectivity index (χ3v) is 4.60.